The Balaban J connectivity index is 1.68. The van der Waals surface area contributed by atoms with E-state index in [2.05, 4.69) is 15.2 Å². The van der Waals surface area contributed by atoms with Crippen molar-refractivity contribution in [3.63, 3.8) is 0 Å². The lowest BCUT2D eigenvalue weighted by Gasteiger charge is -2.34. The lowest BCUT2D eigenvalue weighted by molar-refractivity contribution is -0.137. The lowest BCUT2D eigenvalue weighted by Crippen LogP contribution is -2.41. The predicted molar refractivity (Wildman–Crippen MR) is 98.4 cm³/mol. The number of benzene rings is 1. The fourth-order valence-electron chi connectivity index (χ4n) is 3.40. The highest BCUT2D eigenvalue weighted by Gasteiger charge is 2.31. The predicted octanol–water partition coefficient (Wildman–Crippen LogP) is 2.78. The van der Waals surface area contributed by atoms with E-state index in [0.29, 0.717) is 31.6 Å². The van der Waals surface area contributed by atoms with Crippen molar-refractivity contribution in [2.45, 2.75) is 31.5 Å². The summed E-state index contributed by atoms with van der Waals surface area (Å²) in [6.07, 6.45) is -0.609. The van der Waals surface area contributed by atoms with Crippen LogP contribution in [0.1, 0.15) is 36.4 Å². The van der Waals surface area contributed by atoms with Crippen LogP contribution < -0.4 is 11.1 Å². The van der Waals surface area contributed by atoms with Crippen molar-refractivity contribution in [1.29, 1.82) is 0 Å². The van der Waals surface area contributed by atoms with Crippen LogP contribution in [0.2, 0.25) is 0 Å². The van der Waals surface area contributed by atoms with Gasteiger partial charge in [0.1, 0.15) is 0 Å². The summed E-state index contributed by atoms with van der Waals surface area (Å²) in [5.41, 5.74) is 6.15. The summed E-state index contributed by atoms with van der Waals surface area (Å²) < 4.78 is 43.9. The van der Waals surface area contributed by atoms with Crippen molar-refractivity contribution in [3.05, 3.63) is 35.4 Å². The van der Waals surface area contributed by atoms with Gasteiger partial charge in [-0.3, -0.25) is 9.89 Å². The number of hydrogen-bond donors (Lipinski definition) is 2. The van der Waals surface area contributed by atoms with Crippen LogP contribution >= 0.6 is 0 Å². The van der Waals surface area contributed by atoms with Crippen LogP contribution in [0, 0.1) is 5.92 Å². The number of guanidine groups is 1. The first kappa shape index (κ1) is 19.9. The van der Waals surface area contributed by atoms with Gasteiger partial charge in [0.25, 0.3) is 0 Å². The van der Waals surface area contributed by atoms with Gasteiger partial charge in [0.05, 0.1) is 31.4 Å². The SMILES string of the molecule is NC(=NCC(c1ccc(C(F)(F)F)cc1)N1CCOCC1)NCC1CCC1. The highest BCUT2D eigenvalue weighted by Crippen LogP contribution is 2.31. The van der Waals surface area contributed by atoms with Gasteiger partial charge in [-0.2, -0.15) is 13.2 Å². The number of nitrogens with zero attached hydrogens (tertiary/aromatic N) is 2. The van der Waals surface area contributed by atoms with Crippen molar-refractivity contribution in [2.75, 3.05) is 39.4 Å². The van der Waals surface area contributed by atoms with Crippen molar-refractivity contribution in [1.82, 2.24) is 10.2 Å². The second kappa shape index (κ2) is 8.93. The molecule has 3 N–H and O–H groups in total. The van der Waals surface area contributed by atoms with Crippen molar-refractivity contribution >= 4 is 5.96 Å². The molecule has 1 aliphatic heterocycles. The fourth-order valence-corrected chi connectivity index (χ4v) is 3.40. The first-order chi connectivity index (χ1) is 12.9. The Morgan fingerprint density at radius 1 is 1.22 bits per heavy atom. The molecule has 0 bridgehead atoms. The van der Waals surface area contributed by atoms with E-state index in [9.17, 15) is 13.2 Å². The molecule has 1 aromatic rings. The van der Waals surface area contributed by atoms with Crippen molar-refractivity contribution in [3.8, 4) is 0 Å². The van der Waals surface area contributed by atoms with E-state index in [1.807, 2.05) is 0 Å². The molecule has 2 fully saturated rings. The van der Waals surface area contributed by atoms with E-state index in [4.69, 9.17) is 10.5 Å². The molecule has 0 spiro atoms. The van der Waals surface area contributed by atoms with Crippen molar-refractivity contribution in [2.24, 2.45) is 16.6 Å². The molecular weight excluding hydrogens is 357 g/mol. The molecule has 0 amide bonds. The van der Waals surface area contributed by atoms with Gasteiger partial charge in [0, 0.05) is 19.6 Å². The van der Waals surface area contributed by atoms with Gasteiger partial charge < -0.3 is 15.8 Å². The molecule has 1 heterocycles. The Kier molecular flexibility index (Phi) is 6.59. The Morgan fingerprint density at radius 3 is 2.44 bits per heavy atom. The summed E-state index contributed by atoms with van der Waals surface area (Å²) >= 11 is 0. The number of rotatable bonds is 6. The zero-order chi connectivity index (χ0) is 19.3. The summed E-state index contributed by atoms with van der Waals surface area (Å²) in [4.78, 5) is 6.65. The monoisotopic (exact) mass is 384 g/mol. The summed E-state index contributed by atoms with van der Waals surface area (Å²) in [5, 5.41) is 3.16. The van der Waals surface area contributed by atoms with Gasteiger partial charge in [-0.1, -0.05) is 18.6 Å². The molecule has 1 saturated carbocycles. The van der Waals surface area contributed by atoms with Crippen LogP contribution in [-0.4, -0.2) is 50.3 Å². The number of hydrogen-bond acceptors (Lipinski definition) is 3. The van der Waals surface area contributed by atoms with Gasteiger partial charge in [0.15, 0.2) is 5.96 Å². The summed E-state index contributed by atoms with van der Waals surface area (Å²) in [6, 6.07) is 5.21. The minimum absolute atomic E-state index is 0.125. The van der Waals surface area contributed by atoms with E-state index >= 15 is 0 Å². The van der Waals surface area contributed by atoms with Gasteiger partial charge in [-0.15, -0.1) is 0 Å². The topological polar surface area (TPSA) is 62.9 Å². The first-order valence-corrected chi connectivity index (χ1v) is 9.46. The molecule has 1 atom stereocenters. The van der Waals surface area contributed by atoms with Crippen LogP contribution in [0.15, 0.2) is 29.3 Å². The van der Waals surface area contributed by atoms with E-state index in [-0.39, 0.29) is 6.04 Å². The van der Waals surface area contributed by atoms with E-state index in [1.165, 1.54) is 31.4 Å². The summed E-state index contributed by atoms with van der Waals surface area (Å²) in [5.74, 6) is 1.07. The zero-order valence-corrected chi connectivity index (χ0v) is 15.3. The molecule has 1 saturated heterocycles. The maximum Gasteiger partial charge on any atom is 0.416 e. The van der Waals surface area contributed by atoms with Crippen molar-refractivity contribution < 1.29 is 17.9 Å². The molecule has 1 aliphatic carbocycles. The van der Waals surface area contributed by atoms with Gasteiger partial charge in [-0.25, -0.2) is 0 Å². The summed E-state index contributed by atoms with van der Waals surface area (Å²) in [7, 11) is 0. The number of nitrogens with two attached hydrogens (primary N) is 1. The maximum atomic E-state index is 12.8. The number of alkyl halides is 3. The standard InChI is InChI=1S/C19H27F3N4O/c20-19(21,22)16-6-4-15(5-7-16)17(26-8-10-27-11-9-26)13-25-18(23)24-12-14-2-1-3-14/h4-7,14,17H,1-3,8-13H2,(H3,23,24,25). The van der Waals surface area contributed by atoms with Crippen LogP contribution in [0.5, 0.6) is 0 Å². The fraction of sp³-hybridized carbons (Fsp3) is 0.632. The molecule has 27 heavy (non-hydrogen) atoms. The average molecular weight is 384 g/mol. The quantitative estimate of drug-likeness (QED) is 0.585. The molecule has 1 unspecified atom stereocenters. The Hall–Kier alpha value is -1.80. The summed E-state index contributed by atoms with van der Waals surface area (Å²) in [6.45, 7) is 3.88. The molecule has 8 heteroatoms. The number of morpholine rings is 1. The van der Waals surface area contributed by atoms with Gasteiger partial charge in [0.2, 0.25) is 0 Å². The Labute approximate surface area is 157 Å². The Morgan fingerprint density at radius 2 is 1.89 bits per heavy atom. The lowest BCUT2D eigenvalue weighted by atomic mass is 9.85. The Bertz CT molecular complexity index is 623. The molecule has 2 aliphatic rings. The van der Waals surface area contributed by atoms with Crippen LogP contribution in [0.4, 0.5) is 13.2 Å². The number of aliphatic imine (C=N–C) groups is 1. The van der Waals surface area contributed by atoms with E-state index in [1.54, 1.807) is 0 Å². The van der Waals surface area contributed by atoms with Crippen LogP contribution in [0.25, 0.3) is 0 Å². The maximum absolute atomic E-state index is 12.8. The minimum Gasteiger partial charge on any atom is -0.379 e. The third kappa shape index (κ3) is 5.59. The van der Waals surface area contributed by atoms with Crippen LogP contribution in [0.3, 0.4) is 0 Å². The zero-order valence-electron chi connectivity index (χ0n) is 15.3. The highest BCUT2D eigenvalue weighted by molar-refractivity contribution is 5.77. The van der Waals surface area contributed by atoms with E-state index < -0.39 is 11.7 Å². The molecule has 3 rings (SSSR count). The largest absolute Gasteiger partial charge is 0.416 e. The molecule has 150 valence electrons. The molecular formula is C19H27F3N4O. The minimum atomic E-state index is -4.33. The second-order valence-electron chi connectivity index (χ2n) is 7.19. The molecule has 0 aromatic heterocycles. The number of ether oxygens (including phenoxy) is 1. The smallest absolute Gasteiger partial charge is 0.379 e. The molecule has 1 aromatic carbocycles. The van der Waals surface area contributed by atoms with Gasteiger partial charge in [-0.05, 0) is 36.5 Å². The average Bonchev–Trinajstić information content (AvgIpc) is 2.61. The number of halogens is 3. The third-order valence-corrected chi connectivity index (χ3v) is 5.34. The normalized spacial score (nSPS) is 20.9. The second-order valence-corrected chi connectivity index (χ2v) is 7.19. The third-order valence-electron chi connectivity index (χ3n) is 5.34. The first-order valence-electron chi connectivity index (χ1n) is 9.46. The number of nitrogens with one attached hydrogen (secondary N) is 1. The van der Waals surface area contributed by atoms with E-state index in [0.717, 1.165) is 37.3 Å². The molecule has 0 radical (unpaired) electrons. The van der Waals surface area contributed by atoms with Gasteiger partial charge >= 0.3 is 6.18 Å². The highest BCUT2D eigenvalue weighted by atomic mass is 19.4. The van der Waals surface area contributed by atoms with Crippen LogP contribution in [-0.2, 0) is 10.9 Å². The molecule has 5 nitrogen and oxygen atoms in total.